The van der Waals surface area contributed by atoms with Crippen LogP contribution in [-0.4, -0.2) is 11.5 Å². The molecule has 0 radical (unpaired) electrons. The van der Waals surface area contributed by atoms with Crippen LogP contribution in [0.3, 0.4) is 0 Å². The summed E-state index contributed by atoms with van der Waals surface area (Å²) in [7, 11) is 0. The second-order valence-corrected chi connectivity index (χ2v) is 2.79. The van der Waals surface area contributed by atoms with E-state index in [4.69, 9.17) is 4.74 Å². The van der Waals surface area contributed by atoms with Crippen molar-refractivity contribution in [2.24, 2.45) is 0 Å². The number of nitro benzene ring substituents is 1. The highest BCUT2D eigenvalue weighted by Gasteiger charge is 2.26. The van der Waals surface area contributed by atoms with Crippen LogP contribution in [0.2, 0.25) is 0 Å². The Morgan fingerprint density at radius 2 is 2.31 bits per heavy atom. The zero-order valence-corrected chi connectivity index (χ0v) is 6.57. The lowest BCUT2D eigenvalue weighted by molar-refractivity contribution is -0.387. The predicted octanol–water partition coefficient (Wildman–Crippen LogP) is 1.81. The standard InChI is InChI=1S/C8H6FNO3/c9-6-3-5(8-4-13-8)1-2-7(6)10(11)12/h1-3,8H,4H2/t8-/m0/s1. The van der Waals surface area contributed by atoms with E-state index in [1.165, 1.54) is 6.07 Å². The van der Waals surface area contributed by atoms with Gasteiger partial charge in [-0.15, -0.1) is 0 Å². The first-order valence-electron chi connectivity index (χ1n) is 3.74. The zero-order chi connectivity index (χ0) is 9.42. The third kappa shape index (κ3) is 1.50. The lowest BCUT2D eigenvalue weighted by Gasteiger charge is -1.96. The summed E-state index contributed by atoms with van der Waals surface area (Å²) in [6.07, 6.45) is -0.0738. The van der Waals surface area contributed by atoms with E-state index in [9.17, 15) is 14.5 Å². The van der Waals surface area contributed by atoms with Gasteiger partial charge in [0.15, 0.2) is 0 Å². The summed E-state index contributed by atoms with van der Waals surface area (Å²) in [6.45, 7) is 0.567. The van der Waals surface area contributed by atoms with E-state index in [0.29, 0.717) is 12.2 Å². The molecule has 13 heavy (non-hydrogen) atoms. The molecule has 0 bridgehead atoms. The topological polar surface area (TPSA) is 55.7 Å². The molecule has 0 N–H and O–H groups in total. The Labute approximate surface area is 73.1 Å². The number of ether oxygens (including phenoxy) is 1. The van der Waals surface area contributed by atoms with Crippen molar-refractivity contribution in [2.75, 3.05) is 6.61 Å². The van der Waals surface area contributed by atoms with Crippen LogP contribution in [0.5, 0.6) is 0 Å². The third-order valence-corrected chi connectivity index (χ3v) is 1.87. The van der Waals surface area contributed by atoms with Crippen molar-refractivity contribution in [2.45, 2.75) is 6.10 Å². The Bertz CT molecular complexity index is 362. The zero-order valence-electron chi connectivity index (χ0n) is 6.57. The average Bonchev–Trinajstić information content (AvgIpc) is 2.85. The number of halogens is 1. The predicted molar refractivity (Wildman–Crippen MR) is 41.7 cm³/mol. The molecule has 0 spiro atoms. The summed E-state index contributed by atoms with van der Waals surface area (Å²) in [5.74, 6) is -0.807. The van der Waals surface area contributed by atoms with Gasteiger partial charge >= 0.3 is 5.69 Å². The minimum absolute atomic E-state index is 0.0738. The van der Waals surface area contributed by atoms with Crippen LogP contribution in [0.25, 0.3) is 0 Å². The number of hydrogen-bond acceptors (Lipinski definition) is 3. The number of hydrogen-bond donors (Lipinski definition) is 0. The molecular formula is C8H6FNO3. The van der Waals surface area contributed by atoms with Crippen molar-refractivity contribution in [1.82, 2.24) is 0 Å². The Morgan fingerprint density at radius 3 is 2.77 bits per heavy atom. The maximum Gasteiger partial charge on any atom is 0.304 e. The first kappa shape index (κ1) is 8.12. The summed E-state index contributed by atoms with van der Waals surface area (Å²) in [4.78, 5) is 9.51. The molecule has 0 unspecified atom stereocenters. The van der Waals surface area contributed by atoms with E-state index in [0.717, 1.165) is 12.1 Å². The van der Waals surface area contributed by atoms with Crippen molar-refractivity contribution in [3.8, 4) is 0 Å². The van der Waals surface area contributed by atoms with Crippen LogP contribution < -0.4 is 0 Å². The van der Waals surface area contributed by atoms with Gasteiger partial charge in [-0.2, -0.15) is 4.39 Å². The van der Waals surface area contributed by atoms with Gasteiger partial charge in [0.2, 0.25) is 5.82 Å². The van der Waals surface area contributed by atoms with E-state index in [-0.39, 0.29) is 6.10 Å². The Balaban J connectivity index is 2.36. The number of nitrogens with zero attached hydrogens (tertiary/aromatic N) is 1. The maximum atomic E-state index is 13.0. The van der Waals surface area contributed by atoms with Gasteiger partial charge in [0, 0.05) is 6.07 Å². The molecule has 1 aromatic rings. The highest BCUT2D eigenvalue weighted by atomic mass is 19.1. The van der Waals surface area contributed by atoms with Crippen LogP contribution in [0.4, 0.5) is 10.1 Å². The van der Waals surface area contributed by atoms with E-state index in [2.05, 4.69) is 0 Å². The van der Waals surface area contributed by atoms with Gasteiger partial charge in [0.25, 0.3) is 0 Å². The SMILES string of the molecule is O=[N+]([O-])c1ccc([C@@H]2CO2)cc1F. The van der Waals surface area contributed by atoms with Gasteiger partial charge in [-0.25, -0.2) is 0 Å². The monoisotopic (exact) mass is 183 g/mol. The van der Waals surface area contributed by atoms with Gasteiger partial charge < -0.3 is 4.74 Å². The molecule has 0 aromatic heterocycles. The molecule has 5 heteroatoms. The fourth-order valence-corrected chi connectivity index (χ4v) is 1.11. The number of nitro groups is 1. The molecular weight excluding hydrogens is 177 g/mol. The molecule has 1 aliphatic heterocycles. The van der Waals surface area contributed by atoms with Gasteiger partial charge in [-0.3, -0.25) is 10.1 Å². The third-order valence-electron chi connectivity index (χ3n) is 1.87. The molecule has 4 nitrogen and oxygen atoms in total. The first-order valence-corrected chi connectivity index (χ1v) is 3.74. The van der Waals surface area contributed by atoms with Crippen LogP contribution >= 0.6 is 0 Å². The molecule has 0 saturated carbocycles. The van der Waals surface area contributed by atoms with Gasteiger partial charge in [-0.1, -0.05) is 0 Å². The van der Waals surface area contributed by atoms with Crippen molar-refractivity contribution in [1.29, 1.82) is 0 Å². The second kappa shape index (κ2) is 2.77. The molecule has 0 aliphatic carbocycles. The van der Waals surface area contributed by atoms with Gasteiger partial charge in [0.1, 0.15) is 6.10 Å². The Morgan fingerprint density at radius 1 is 1.62 bits per heavy atom. The molecule has 1 aliphatic rings. The number of benzene rings is 1. The molecule has 1 heterocycles. The highest BCUT2D eigenvalue weighted by molar-refractivity contribution is 5.36. The highest BCUT2D eigenvalue weighted by Crippen LogP contribution is 2.31. The molecule has 68 valence electrons. The second-order valence-electron chi connectivity index (χ2n) is 2.79. The minimum Gasteiger partial charge on any atom is -0.368 e. The minimum atomic E-state index is -0.807. The fourth-order valence-electron chi connectivity index (χ4n) is 1.11. The van der Waals surface area contributed by atoms with Gasteiger partial charge in [-0.05, 0) is 17.7 Å². The first-order chi connectivity index (χ1) is 6.18. The number of epoxide rings is 1. The quantitative estimate of drug-likeness (QED) is 0.399. The average molecular weight is 183 g/mol. The Hall–Kier alpha value is -1.49. The number of rotatable bonds is 2. The molecule has 1 fully saturated rings. The summed E-state index contributed by atoms with van der Waals surface area (Å²) in [5, 5.41) is 10.3. The van der Waals surface area contributed by atoms with Crippen LogP contribution in [0.1, 0.15) is 11.7 Å². The summed E-state index contributed by atoms with van der Waals surface area (Å²) in [6, 6.07) is 3.82. The van der Waals surface area contributed by atoms with Crippen molar-refractivity contribution in [3.63, 3.8) is 0 Å². The van der Waals surface area contributed by atoms with Crippen molar-refractivity contribution < 1.29 is 14.1 Å². The molecule has 1 saturated heterocycles. The smallest absolute Gasteiger partial charge is 0.304 e. The molecule has 1 aromatic carbocycles. The fraction of sp³-hybridized carbons (Fsp3) is 0.250. The molecule has 2 rings (SSSR count). The van der Waals surface area contributed by atoms with E-state index in [1.807, 2.05) is 0 Å². The maximum absolute atomic E-state index is 13.0. The van der Waals surface area contributed by atoms with E-state index in [1.54, 1.807) is 0 Å². The van der Waals surface area contributed by atoms with Crippen molar-refractivity contribution >= 4 is 5.69 Å². The molecule has 1 atom stereocenters. The molecule has 0 amide bonds. The summed E-state index contributed by atoms with van der Waals surface area (Å²) < 4.78 is 17.9. The largest absolute Gasteiger partial charge is 0.368 e. The lowest BCUT2D eigenvalue weighted by atomic mass is 10.1. The van der Waals surface area contributed by atoms with Crippen LogP contribution in [0, 0.1) is 15.9 Å². The summed E-state index contributed by atoms with van der Waals surface area (Å²) >= 11 is 0. The van der Waals surface area contributed by atoms with Crippen molar-refractivity contribution in [3.05, 3.63) is 39.7 Å². The van der Waals surface area contributed by atoms with Gasteiger partial charge in [0.05, 0.1) is 11.5 Å². The van der Waals surface area contributed by atoms with E-state index < -0.39 is 16.4 Å². The lowest BCUT2D eigenvalue weighted by Crippen LogP contribution is -1.93. The van der Waals surface area contributed by atoms with E-state index >= 15 is 0 Å². The Kier molecular flexibility index (Phi) is 1.73. The van der Waals surface area contributed by atoms with Crippen LogP contribution in [0.15, 0.2) is 18.2 Å². The normalized spacial score (nSPS) is 19.9. The summed E-state index contributed by atoms with van der Waals surface area (Å²) in [5.41, 5.74) is 0.160. The van der Waals surface area contributed by atoms with Crippen LogP contribution in [-0.2, 0) is 4.74 Å².